The second kappa shape index (κ2) is 6.42. The van der Waals surface area contributed by atoms with Gasteiger partial charge in [-0.3, -0.25) is 4.79 Å². The van der Waals surface area contributed by atoms with Crippen LogP contribution in [0.1, 0.15) is 10.4 Å². The first-order chi connectivity index (χ1) is 12.0. The normalized spacial score (nSPS) is 10.2. The van der Waals surface area contributed by atoms with Gasteiger partial charge in [0.2, 0.25) is 5.69 Å². The maximum absolute atomic E-state index is 14.0. The number of para-hydroxylation sites is 1. The van der Waals surface area contributed by atoms with E-state index in [0.29, 0.717) is 22.1 Å². The molecule has 0 bridgehead atoms. The topological polar surface area (TPSA) is 85.8 Å². The molecular formula is C19H13FN4O. The number of halogens is 1. The smallest absolute Gasteiger partial charge is 0.280 e. The van der Waals surface area contributed by atoms with Gasteiger partial charge >= 0.3 is 0 Å². The van der Waals surface area contributed by atoms with Gasteiger partial charge in [0.25, 0.3) is 5.91 Å². The van der Waals surface area contributed by atoms with Crippen molar-refractivity contribution < 1.29 is 9.18 Å². The first-order valence-corrected chi connectivity index (χ1v) is 7.34. The predicted octanol–water partition coefficient (Wildman–Crippen LogP) is 3.61. The molecule has 0 spiro atoms. The van der Waals surface area contributed by atoms with Crippen molar-refractivity contribution in [3.05, 3.63) is 77.4 Å². The SMILES string of the molecule is [C-]#[N+]c1c(F)cccc1-c1cccc2ccc(C(=O)N=C(N)N)cc12. The molecule has 0 heterocycles. The van der Waals surface area contributed by atoms with Crippen LogP contribution in [-0.4, -0.2) is 11.9 Å². The lowest BCUT2D eigenvalue weighted by Crippen LogP contribution is -2.24. The van der Waals surface area contributed by atoms with Gasteiger partial charge in [0.05, 0.1) is 6.57 Å². The van der Waals surface area contributed by atoms with Gasteiger partial charge in [-0.15, -0.1) is 0 Å². The zero-order valence-corrected chi connectivity index (χ0v) is 13.0. The largest absolute Gasteiger partial charge is 0.370 e. The molecule has 4 N–H and O–H groups in total. The fourth-order valence-electron chi connectivity index (χ4n) is 2.67. The number of hydrogen-bond acceptors (Lipinski definition) is 1. The third-order valence-electron chi connectivity index (χ3n) is 3.75. The zero-order chi connectivity index (χ0) is 18.0. The number of fused-ring (bicyclic) bond motifs is 1. The average molecular weight is 332 g/mol. The summed E-state index contributed by atoms with van der Waals surface area (Å²) in [6.45, 7) is 7.26. The van der Waals surface area contributed by atoms with Gasteiger partial charge in [0, 0.05) is 5.56 Å². The Kier molecular flexibility index (Phi) is 4.14. The van der Waals surface area contributed by atoms with Gasteiger partial charge in [0.1, 0.15) is 5.82 Å². The van der Waals surface area contributed by atoms with E-state index in [-0.39, 0.29) is 11.6 Å². The third kappa shape index (κ3) is 3.03. The van der Waals surface area contributed by atoms with Crippen molar-refractivity contribution in [2.75, 3.05) is 0 Å². The Morgan fingerprint density at radius 1 is 1.04 bits per heavy atom. The predicted molar refractivity (Wildman–Crippen MR) is 95.7 cm³/mol. The fourth-order valence-corrected chi connectivity index (χ4v) is 2.67. The van der Waals surface area contributed by atoms with Crippen LogP contribution in [0.15, 0.2) is 59.6 Å². The van der Waals surface area contributed by atoms with Crippen molar-refractivity contribution in [2.45, 2.75) is 0 Å². The van der Waals surface area contributed by atoms with Crippen LogP contribution in [0.5, 0.6) is 0 Å². The number of nitrogens with zero attached hydrogens (tertiary/aromatic N) is 2. The van der Waals surface area contributed by atoms with Crippen LogP contribution in [0.25, 0.3) is 26.7 Å². The van der Waals surface area contributed by atoms with Crippen molar-refractivity contribution >= 4 is 28.3 Å². The Hall–Kier alpha value is -3.72. The molecule has 1 amide bonds. The summed E-state index contributed by atoms with van der Waals surface area (Å²) in [5, 5.41) is 1.55. The van der Waals surface area contributed by atoms with Crippen LogP contribution in [0, 0.1) is 12.4 Å². The maximum atomic E-state index is 14.0. The summed E-state index contributed by atoms with van der Waals surface area (Å²) in [6.07, 6.45) is 0. The molecule has 0 fully saturated rings. The molecular weight excluding hydrogens is 319 g/mol. The van der Waals surface area contributed by atoms with Crippen molar-refractivity contribution in [1.29, 1.82) is 0 Å². The molecule has 0 saturated carbocycles. The molecule has 3 aromatic rings. The van der Waals surface area contributed by atoms with Gasteiger partial charge in [-0.25, -0.2) is 9.24 Å². The number of guanidine groups is 1. The lowest BCUT2D eigenvalue weighted by atomic mass is 9.95. The number of hydrogen-bond donors (Lipinski definition) is 2. The Bertz CT molecular complexity index is 1060. The molecule has 5 nitrogen and oxygen atoms in total. The summed E-state index contributed by atoms with van der Waals surface area (Å²) in [7, 11) is 0. The summed E-state index contributed by atoms with van der Waals surface area (Å²) in [5.74, 6) is -1.47. The highest BCUT2D eigenvalue weighted by Crippen LogP contribution is 2.37. The van der Waals surface area contributed by atoms with Gasteiger partial charge in [0.15, 0.2) is 5.96 Å². The number of nitrogens with two attached hydrogens (primary N) is 2. The highest BCUT2D eigenvalue weighted by Gasteiger charge is 2.14. The maximum Gasteiger partial charge on any atom is 0.280 e. The zero-order valence-electron chi connectivity index (χ0n) is 13.0. The van der Waals surface area contributed by atoms with Gasteiger partial charge in [-0.2, -0.15) is 4.99 Å². The van der Waals surface area contributed by atoms with E-state index in [4.69, 9.17) is 18.0 Å². The molecule has 6 heteroatoms. The molecule has 3 rings (SSSR count). The van der Waals surface area contributed by atoms with E-state index in [1.54, 1.807) is 36.4 Å². The number of rotatable bonds is 2. The molecule has 0 atom stereocenters. The Morgan fingerprint density at radius 3 is 2.48 bits per heavy atom. The van der Waals surface area contributed by atoms with Crippen molar-refractivity contribution in [3.63, 3.8) is 0 Å². The number of carbonyl (C=O) groups is 1. The highest BCUT2D eigenvalue weighted by atomic mass is 19.1. The standard InChI is InChI=1S/C19H13FN4O/c1-23-17-14(6-3-7-16(17)20)13-5-2-4-11-8-9-12(10-15(11)13)18(25)24-19(21)22/h2-10H,(H4,21,22,24,25). The molecule has 0 radical (unpaired) electrons. The van der Waals surface area contributed by atoms with E-state index < -0.39 is 11.7 Å². The second-order valence-electron chi connectivity index (χ2n) is 5.33. The molecule has 0 saturated heterocycles. The number of benzene rings is 3. The van der Waals surface area contributed by atoms with E-state index in [9.17, 15) is 9.18 Å². The van der Waals surface area contributed by atoms with E-state index in [1.165, 1.54) is 6.07 Å². The fraction of sp³-hybridized carbons (Fsp3) is 0. The molecule has 25 heavy (non-hydrogen) atoms. The van der Waals surface area contributed by atoms with Crippen LogP contribution in [0.3, 0.4) is 0 Å². The molecule has 0 aliphatic heterocycles. The van der Waals surface area contributed by atoms with E-state index in [0.717, 1.165) is 5.39 Å². The molecule has 122 valence electrons. The highest BCUT2D eigenvalue weighted by molar-refractivity contribution is 6.07. The molecule has 0 aliphatic rings. The molecule has 0 aromatic heterocycles. The molecule has 3 aromatic carbocycles. The molecule has 0 aliphatic carbocycles. The van der Waals surface area contributed by atoms with Gasteiger partial charge < -0.3 is 11.5 Å². The van der Waals surface area contributed by atoms with E-state index >= 15 is 0 Å². The van der Waals surface area contributed by atoms with Crippen LogP contribution >= 0.6 is 0 Å². The lowest BCUT2D eigenvalue weighted by molar-refractivity contribution is 0.100. The summed E-state index contributed by atoms with van der Waals surface area (Å²) in [4.78, 5) is 18.9. The second-order valence-corrected chi connectivity index (χ2v) is 5.33. The third-order valence-corrected chi connectivity index (χ3v) is 3.75. The van der Waals surface area contributed by atoms with Crippen molar-refractivity contribution in [2.24, 2.45) is 16.5 Å². The number of aliphatic imine (C=N–C) groups is 1. The van der Waals surface area contributed by atoms with Crippen molar-refractivity contribution in [1.82, 2.24) is 0 Å². The van der Waals surface area contributed by atoms with E-state index in [1.807, 2.05) is 12.1 Å². The first-order valence-electron chi connectivity index (χ1n) is 7.34. The number of amides is 1. The Morgan fingerprint density at radius 2 is 1.76 bits per heavy atom. The van der Waals surface area contributed by atoms with Gasteiger partial charge in [-0.1, -0.05) is 36.4 Å². The summed E-state index contributed by atoms with van der Waals surface area (Å²) in [5.41, 5.74) is 11.9. The minimum atomic E-state index is -0.586. The summed E-state index contributed by atoms with van der Waals surface area (Å²) < 4.78 is 14.0. The minimum absolute atomic E-state index is 0.0593. The Balaban J connectivity index is 2.27. The minimum Gasteiger partial charge on any atom is -0.370 e. The monoisotopic (exact) mass is 332 g/mol. The van der Waals surface area contributed by atoms with Crippen LogP contribution in [0.2, 0.25) is 0 Å². The van der Waals surface area contributed by atoms with Crippen molar-refractivity contribution in [3.8, 4) is 11.1 Å². The quantitative estimate of drug-likeness (QED) is 0.427. The van der Waals surface area contributed by atoms with Crippen LogP contribution in [0.4, 0.5) is 10.1 Å². The van der Waals surface area contributed by atoms with E-state index in [2.05, 4.69) is 9.84 Å². The average Bonchev–Trinajstić information content (AvgIpc) is 2.60. The first kappa shape index (κ1) is 16.1. The number of carbonyl (C=O) groups excluding carboxylic acids is 1. The summed E-state index contributed by atoms with van der Waals surface area (Å²) >= 11 is 0. The van der Waals surface area contributed by atoms with Crippen LogP contribution in [-0.2, 0) is 0 Å². The van der Waals surface area contributed by atoms with Gasteiger partial charge in [-0.05, 0) is 40.1 Å². The Labute approximate surface area is 143 Å². The van der Waals surface area contributed by atoms with Crippen LogP contribution < -0.4 is 11.5 Å². The summed E-state index contributed by atoms with van der Waals surface area (Å²) in [6, 6.07) is 14.9. The lowest BCUT2D eigenvalue weighted by Gasteiger charge is -2.10. The molecule has 0 unspecified atom stereocenters.